The van der Waals surface area contributed by atoms with Gasteiger partial charge in [-0.2, -0.15) is 0 Å². The molecule has 3 nitrogen and oxygen atoms in total. The number of rotatable bonds is 3. The minimum Gasteiger partial charge on any atom is -0.496 e. The molecule has 3 rings (SSSR count). The first-order valence-electron chi connectivity index (χ1n) is 6.52. The lowest BCUT2D eigenvalue weighted by Crippen LogP contribution is -2.00. The quantitative estimate of drug-likeness (QED) is 0.677. The number of imidazole rings is 1. The number of halogens is 2. The minimum atomic E-state index is -0.296. The van der Waals surface area contributed by atoms with Crippen molar-refractivity contribution in [2.75, 3.05) is 7.11 Å². The fourth-order valence-corrected chi connectivity index (χ4v) is 2.66. The Morgan fingerprint density at radius 2 is 2.05 bits per heavy atom. The summed E-state index contributed by atoms with van der Waals surface area (Å²) in [6.45, 7) is 1.96. The normalized spacial score (nSPS) is 11.0. The van der Waals surface area contributed by atoms with Crippen LogP contribution in [0.2, 0.25) is 0 Å². The molecule has 108 valence electrons. The van der Waals surface area contributed by atoms with Gasteiger partial charge in [-0.3, -0.25) is 4.57 Å². The number of hydrogen-bond acceptors (Lipinski definition) is 2. The third kappa shape index (κ3) is 2.36. The molecule has 5 heteroatoms. The minimum absolute atomic E-state index is 0.251. The molecule has 3 aromatic rings. The zero-order chi connectivity index (χ0) is 15.0. The zero-order valence-corrected chi connectivity index (χ0v) is 12.5. The summed E-state index contributed by atoms with van der Waals surface area (Å²) >= 11 is 5.99. The lowest BCUT2D eigenvalue weighted by molar-refractivity contribution is 0.411. The summed E-state index contributed by atoms with van der Waals surface area (Å²) in [6, 6.07) is 10.3. The number of nitrogens with zero attached hydrogens (tertiary/aromatic N) is 2. The van der Waals surface area contributed by atoms with Crippen molar-refractivity contribution in [1.82, 2.24) is 9.55 Å². The van der Waals surface area contributed by atoms with E-state index in [1.54, 1.807) is 13.2 Å². The largest absolute Gasteiger partial charge is 0.496 e. The third-order valence-electron chi connectivity index (χ3n) is 3.44. The number of aryl methyl sites for hydroxylation is 1. The molecule has 0 unspecified atom stereocenters. The van der Waals surface area contributed by atoms with Gasteiger partial charge in [-0.1, -0.05) is 0 Å². The van der Waals surface area contributed by atoms with Gasteiger partial charge in [0.15, 0.2) is 0 Å². The van der Waals surface area contributed by atoms with Crippen LogP contribution in [-0.2, 0) is 5.88 Å². The second kappa shape index (κ2) is 5.37. The molecule has 0 amide bonds. The van der Waals surface area contributed by atoms with Gasteiger partial charge < -0.3 is 4.74 Å². The highest BCUT2D eigenvalue weighted by atomic mass is 35.5. The number of fused-ring (bicyclic) bond motifs is 1. The van der Waals surface area contributed by atoms with Crippen molar-refractivity contribution in [1.29, 1.82) is 0 Å². The van der Waals surface area contributed by atoms with Crippen LogP contribution in [0.1, 0.15) is 11.4 Å². The van der Waals surface area contributed by atoms with Gasteiger partial charge in [0.2, 0.25) is 0 Å². The molecule has 0 aliphatic carbocycles. The van der Waals surface area contributed by atoms with Crippen LogP contribution in [0, 0.1) is 12.7 Å². The van der Waals surface area contributed by atoms with E-state index >= 15 is 0 Å². The predicted octanol–water partition coefficient (Wildman–Crippen LogP) is 4.22. The van der Waals surface area contributed by atoms with Crippen LogP contribution in [0.15, 0.2) is 36.4 Å². The molecule has 2 aromatic carbocycles. The van der Waals surface area contributed by atoms with Gasteiger partial charge in [0, 0.05) is 11.8 Å². The van der Waals surface area contributed by atoms with Crippen molar-refractivity contribution in [3.8, 4) is 11.4 Å². The second-order valence-electron chi connectivity index (χ2n) is 4.78. The van der Waals surface area contributed by atoms with E-state index in [1.807, 2.05) is 29.7 Å². The number of ether oxygens (including phenoxy) is 1. The molecule has 0 N–H and O–H groups in total. The lowest BCUT2D eigenvalue weighted by atomic mass is 10.2. The van der Waals surface area contributed by atoms with E-state index in [0.717, 1.165) is 22.5 Å². The van der Waals surface area contributed by atoms with E-state index in [9.17, 15) is 4.39 Å². The SMILES string of the molecule is COc1ccc(-n2c(CCl)nc3ccc(F)cc32)cc1C. The van der Waals surface area contributed by atoms with Crippen LogP contribution in [0.4, 0.5) is 4.39 Å². The Morgan fingerprint density at radius 1 is 1.24 bits per heavy atom. The molecule has 0 atom stereocenters. The monoisotopic (exact) mass is 304 g/mol. The van der Waals surface area contributed by atoms with Crippen LogP contribution in [0.3, 0.4) is 0 Å². The number of benzene rings is 2. The highest BCUT2D eigenvalue weighted by Crippen LogP contribution is 2.27. The summed E-state index contributed by atoms with van der Waals surface area (Å²) in [5.74, 6) is 1.44. The number of hydrogen-bond donors (Lipinski definition) is 0. The van der Waals surface area contributed by atoms with Crippen LogP contribution in [-0.4, -0.2) is 16.7 Å². The molecule has 0 bridgehead atoms. The molecular weight excluding hydrogens is 291 g/mol. The van der Waals surface area contributed by atoms with Crippen molar-refractivity contribution in [3.05, 3.63) is 53.6 Å². The van der Waals surface area contributed by atoms with Crippen LogP contribution in [0.25, 0.3) is 16.7 Å². The van der Waals surface area contributed by atoms with Gasteiger partial charge in [0.25, 0.3) is 0 Å². The van der Waals surface area contributed by atoms with Gasteiger partial charge in [-0.05, 0) is 42.8 Å². The molecule has 1 aromatic heterocycles. The first kappa shape index (κ1) is 13.9. The standard InChI is InChI=1S/C16H14ClFN2O/c1-10-7-12(4-6-15(10)21-2)20-14-8-11(18)3-5-13(14)19-16(20)9-17/h3-8H,9H2,1-2H3. The maximum atomic E-state index is 13.5. The molecule has 0 spiro atoms. The number of aromatic nitrogens is 2. The van der Waals surface area contributed by atoms with Gasteiger partial charge in [0.05, 0.1) is 24.0 Å². The Hall–Kier alpha value is -2.07. The third-order valence-corrected chi connectivity index (χ3v) is 3.68. The second-order valence-corrected chi connectivity index (χ2v) is 5.05. The summed E-state index contributed by atoms with van der Waals surface area (Å²) in [5, 5.41) is 0. The van der Waals surface area contributed by atoms with E-state index in [1.165, 1.54) is 12.1 Å². The summed E-state index contributed by atoms with van der Waals surface area (Å²) in [7, 11) is 1.63. The summed E-state index contributed by atoms with van der Waals surface area (Å²) < 4.78 is 20.7. The molecular formula is C16H14ClFN2O. The van der Waals surface area contributed by atoms with Gasteiger partial charge in [0.1, 0.15) is 17.4 Å². The van der Waals surface area contributed by atoms with Gasteiger partial charge >= 0.3 is 0 Å². The van der Waals surface area contributed by atoms with Gasteiger partial charge in [-0.25, -0.2) is 9.37 Å². The van der Waals surface area contributed by atoms with E-state index < -0.39 is 0 Å². The maximum Gasteiger partial charge on any atom is 0.129 e. The fourth-order valence-electron chi connectivity index (χ4n) is 2.48. The highest BCUT2D eigenvalue weighted by Gasteiger charge is 2.13. The van der Waals surface area contributed by atoms with Crippen molar-refractivity contribution < 1.29 is 9.13 Å². The van der Waals surface area contributed by atoms with Gasteiger partial charge in [-0.15, -0.1) is 11.6 Å². The first-order valence-corrected chi connectivity index (χ1v) is 7.05. The maximum absolute atomic E-state index is 13.5. The highest BCUT2D eigenvalue weighted by molar-refractivity contribution is 6.17. The van der Waals surface area contributed by atoms with Crippen molar-refractivity contribution >= 4 is 22.6 Å². The van der Waals surface area contributed by atoms with Crippen LogP contribution in [0.5, 0.6) is 5.75 Å². The molecule has 0 saturated carbocycles. The van der Waals surface area contributed by atoms with E-state index in [4.69, 9.17) is 16.3 Å². The predicted molar refractivity (Wildman–Crippen MR) is 81.9 cm³/mol. The molecule has 1 heterocycles. The van der Waals surface area contributed by atoms with Crippen LogP contribution >= 0.6 is 11.6 Å². The summed E-state index contributed by atoms with van der Waals surface area (Å²) in [4.78, 5) is 4.45. The fraction of sp³-hybridized carbons (Fsp3) is 0.188. The summed E-state index contributed by atoms with van der Waals surface area (Å²) in [5.41, 5.74) is 3.31. The topological polar surface area (TPSA) is 27.1 Å². The Labute approximate surface area is 126 Å². The average Bonchev–Trinajstić information content (AvgIpc) is 2.84. The average molecular weight is 305 g/mol. The van der Waals surface area contributed by atoms with E-state index in [-0.39, 0.29) is 11.7 Å². The van der Waals surface area contributed by atoms with E-state index in [0.29, 0.717) is 11.3 Å². The Bertz CT molecular complexity index is 813. The molecule has 0 aliphatic rings. The Morgan fingerprint density at radius 3 is 2.71 bits per heavy atom. The smallest absolute Gasteiger partial charge is 0.129 e. The van der Waals surface area contributed by atoms with Crippen LogP contribution < -0.4 is 4.74 Å². The zero-order valence-electron chi connectivity index (χ0n) is 11.7. The molecule has 0 saturated heterocycles. The Kier molecular flexibility index (Phi) is 3.55. The Balaban J connectivity index is 2.27. The first-order chi connectivity index (χ1) is 10.1. The van der Waals surface area contributed by atoms with Crippen molar-refractivity contribution in [2.45, 2.75) is 12.8 Å². The molecule has 0 radical (unpaired) electrons. The molecule has 0 fully saturated rings. The van der Waals surface area contributed by atoms with E-state index in [2.05, 4.69) is 4.98 Å². The van der Waals surface area contributed by atoms with Crippen molar-refractivity contribution in [3.63, 3.8) is 0 Å². The number of methoxy groups -OCH3 is 1. The summed E-state index contributed by atoms with van der Waals surface area (Å²) in [6.07, 6.45) is 0. The number of alkyl halides is 1. The lowest BCUT2D eigenvalue weighted by Gasteiger charge is -2.11. The van der Waals surface area contributed by atoms with Crippen molar-refractivity contribution in [2.24, 2.45) is 0 Å². The molecule has 0 aliphatic heterocycles. The molecule has 21 heavy (non-hydrogen) atoms.